The molecule has 0 radical (unpaired) electrons. The first-order valence-electron chi connectivity index (χ1n) is 4.19. The van der Waals surface area contributed by atoms with E-state index < -0.39 is 0 Å². The molecule has 0 fully saturated rings. The summed E-state index contributed by atoms with van der Waals surface area (Å²) in [5.41, 5.74) is 2.27. The predicted molar refractivity (Wildman–Crippen MR) is 52.5 cm³/mol. The molecule has 2 unspecified atom stereocenters. The Morgan fingerprint density at radius 3 is 2.10 bits per heavy atom. The molecular weight excluding hydrogens is 139 g/mol. The zero-order valence-corrected chi connectivity index (χ0v) is 8.51. The molecule has 0 amide bonds. The Balaban J connectivity index is 3.83. The highest BCUT2D eigenvalue weighted by Crippen LogP contribution is 2.13. The molecule has 0 aromatic carbocycles. The average Bonchev–Trinajstić information content (AvgIpc) is 1.99. The third kappa shape index (κ3) is 4.06. The summed E-state index contributed by atoms with van der Waals surface area (Å²) in [6.07, 6.45) is 6.03. The molecule has 0 aliphatic heterocycles. The van der Waals surface area contributed by atoms with Crippen LogP contribution in [0.15, 0.2) is 11.6 Å². The van der Waals surface area contributed by atoms with Crippen molar-refractivity contribution in [3.8, 4) is 0 Å². The first kappa shape index (κ1) is 10.2. The zero-order chi connectivity index (χ0) is 7.98. The van der Waals surface area contributed by atoms with Gasteiger partial charge >= 0.3 is 0 Å². The largest absolute Gasteiger partial charge is 0.130 e. The highest BCUT2D eigenvalue weighted by molar-refractivity contribution is 7.17. The van der Waals surface area contributed by atoms with Crippen molar-refractivity contribution in [2.45, 2.75) is 45.7 Å². The van der Waals surface area contributed by atoms with Crippen molar-refractivity contribution >= 4 is 9.24 Å². The fraction of sp³-hybridized carbons (Fsp3) is 0.778. The number of hydrogen-bond acceptors (Lipinski definition) is 0. The summed E-state index contributed by atoms with van der Waals surface area (Å²) < 4.78 is 0. The van der Waals surface area contributed by atoms with Crippen LogP contribution in [0.3, 0.4) is 0 Å². The third-order valence-corrected chi connectivity index (χ3v) is 2.49. The molecule has 0 saturated carbocycles. The van der Waals surface area contributed by atoms with Crippen LogP contribution in [0.5, 0.6) is 0 Å². The van der Waals surface area contributed by atoms with Gasteiger partial charge in [-0.25, -0.2) is 0 Å². The summed E-state index contributed by atoms with van der Waals surface area (Å²) in [6.45, 7) is 6.67. The van der Waals surface area contributed by atoms with Gasteiger partial charge in [-0.1, -0.05) is 32.4 Å². The predicted octanol–water partition coefficient (Wildman–Crippen LogP) is 3.39. The number of rotatable bonds is 4. The topological polar surface area (TPSA) is 0 Å². The normalized spacial score (nSPS) is 12.8. The van der Waals surface area contributed by atoms with E-state index in [4.69, 9.17) is 0 Å². The van der Waals surface area contributed by atoms with Crippen molar-refractivity contribution in [2.75, 3.05) is 0 Å². The van der Waals surface area contributed by atoms with E-state index in [1.54, 1.807) is 5.57 Å². The molecule has 0 aromatic heterocycles. The van der Waals surface area contributed by atoms with Crippen molar-refractivity contribution < 1.29 is 0 Å². The van der Waals surface area contributed by atoms with Crippen molar-refractivity contribution in [2.24, 2.45) is 0 Å². The standard InChI is InChI=1S/C9H19P/c1-4-8(5-2)7-9(10)6-3/h7,9H,4-6,10H2,1-3H3. The van der Waals surface area contributed by atoms with E-state index in [0.717, 1.165) is 0 Å². The lowest BCUT2D eigenvalue weighted by molar-refractivity contribution is 0.914. The Bertz CT molecular complexity index is 99.3. The minimum absolute atomic E-state index is 0.690. The van der Waals surface area contributed by atoms with Gasteiger partial charge in [0.05, 0.1) is 0 Å². The summed E-state index contributed by atoms with van der Waals surface area (Å²) in [5.74, 6) is 0. The van der Waals surface area contributed by atoms with E-state index in [2.05, 4.69) is 36.1 Å². The van der Waals surface area contributed by atoms with Gasteiger partial charge in [-0.2, -0.15) is 0 Å². The lowest BCUT2D eigenvalue weighted by atomic mass is 10.1. The summed E-state index contributed by atoms with van der Waals surface area (Å²) in [5, 5.41) is 0. The molecule has 60 valence electrons. The Hall–Kier alpha value is 0.170. The van der Waals surface area contributed by atoms with Gasteiger partial charge in [0.2, 0.25) is 0 Å². The van der Waals surface area contributed by atoms with Crippen molar-refractivity contribution in [1.82, 2.24) is 0 Å². The molecular formula is C9H19P. The van der Waals surface area contributed by atoms with E-state index in [0.29, 0.717) is 5.66 Å². The van der Waals surface area contributed by atoms with Gasteiger partial charge in [-0.05, 0) is 24.9 Å². The summed E-state index contributed by atoms with van der Waals surface area (Å²) in [7, 11) is 2.86. The van der Waals surface area contributed by atoms with E-state index in [1.165, 1.54) is 19.3 Å². The van der Waals surface area contributed by atoms with Crippen LogP contribution >= 0.6 is 9.24 Å². The maximum atomic E-state index is 2.86. The minimum atomic E-state index is 0.690. The summed E-state index contributed by atoms with van der Waals surface area (Å²) in [6, 6.07) is 0. The summed E-state index contributed by atoms with van der Waals surface area (Å²) >= 11 is 0. The fourth-order valence-corrected chi connectivity index (χ4v) is 1.18. The fourth-order valence-electron chi connectivity index (χ4n) is 0.906. The van der Waals surface area contributed by atoms with E-state index >= 15 is 0 Å². The second kappa shape index (κ2) is 5.92. The Morgan fingerprint density at radius 2 is 1.80 bits per heavy atom. The molecule has 0 aliphatic carbocycles. The first-order valence-corrected chi connectivity index (χ1v) is 4.86. The van der Waals surface area contributed by atoms with Crippen LogP contribution in [0.2, 0.25) is 0 Å². The van der Waals surface area contributed by atoms with Crippen LogP contribution in [0.25, 0.3) is 0 Å². The van der Waals surface area contributed by atoms with Crippen LogP contribution in [-0.4, -0.2) is 5.66 Å². The minimum Gasteiger partial charge on any atom is -0.130 e. The van der Waals surface area contributed by atoms with Gasteiger partial charge in [-0.3, -0.25) is 0 Å². The van der Waals surface area contributed by atoms with Gasteiger partial charge in [0.25, 0.3) is 0 Å². The first-order chi connectivity index (χ1) is 4.74. The Kier molecular flexibility index (Phi) is 6.02. The van der Waals surface area contributed by atoms with Crippen molar-refractivity contribution in [3.05, 3.63) is 11.6 Å². The van der Waals surface area contributed by atoms with Gasteiger partial charge in [0.15, 0.2) is 0 Å². The highest BCUT2D eigenvalue weighted by Gasteiger charge is 1.95. The van der Waals surface area contributed by atoms with Gasteiger partial charge in [0, 0.05) is 0 Å². The molecule has 0 nitrogen and oxygen atoms in total. The van der Waals surface area contributed by atoms with Crippen LogP contribution in [0, 0.1) is 0 Å². The molecule has 0 N–H and O–H groups in total. The van der Waals surface area contributed by atoms with Crippen molar-refractivity contribution in [3.63, 3.8) is 0 Å². The van der Waals surface area contributed by atoms with Gasteiger partial charge in [-0.15, -0.1) is 9.24 Å². The molecule has 0 saturated heterocycles. The van der Waals surface area contributed by atoms with E-state index in [-0.39, 0.29) is 0 Å². The van der Waals surface area contributed by atoms with Crippen LogP contribution in [-0.2, 0) is 0 Å². The third-order valence-electron chi connectivity index (χ3n) is 1.83. The van der Waals surface area contributed by atoms with Crippen LogP contribution in [0.1, 0.15) is 40.0 Å². The second-order valence-electron chi connectivity index (χ2n) is 2.60. The lowest BCUT2D eigenvalue weighted by Gasteiger charge is -2.04. The maximum absolute atomic E-state index is 2.86. The Morgan fingerprint density at radius 1 is 1.30 bits per heavy atom. The molecule has 0 spiro atoms. The number of hydrogen-bond donors (Lipinski definition) is 0. The lowest BCUT2D eigenvalue weighted by Crippen LogP contribution is -1.91. The van der Waals surface area contributed by atoms with Crippen LogP contribution in [0.4, 0.5) is 0 Å². The SMILES string of the molecule is CCC(=CC(P)CC)CC. The van der Waals surface area contributed by atoms with Crippen LogP contribution < -0.4 is 0 Å². The molecule has 0 bridgehead atoms. The Labute approximate surface area is 67.3 Å². The highest BCUT2D eigenvalue weighted by atomic mass is 31.0. The van der Waals surface area contributed by atoms with Gasteiger partial charge in [0.1, 0.15) is 0 Å². The number of allylic oxidation sites excluding steroid dienone is 2. The molecule has 0 aliphatic rings. The maximum Gasteiger partial charge on any atom is -0.00857 e. The van der Waals surface area contributed by atoms with E-state index in [9.17, 15) is 0 Å². The molecule has 0 heterocycles. The molecule has 1 heteroatoms. The molecule has 2 atom stereocenters. The summed E-state index contributed by atoms with van der Waals surface area (Å²) in [4.78, 5) is 0. The second-order valence-corrected chi connectivity index (χ2v) is 3.46. The monoisotopic (exact) mass is 158 g/mol. The zero-order valence-electron chi connectivity index (χ0n) is 7.35. The molecule has 10 heavy (non-hydrogen) atoms. The molecule has 0 aromatic rings. The quantitative estimate of drug-likeness (QED) is 0.434. The van der Waals surface area contributed by atoms with E-state index in [1.807, 2.05) is 0 Å². The van der Waals surface area contributed by atoms with Gasteiger partial charge < -0.3 is 0 Å². The molecule has 0 rings (SSSR count). The smallest absolute Gasteiger partial charge is 0.00857 e. The van der Waals surface area contributed by atoms with Crippen molar-refractivity contribution in [1.29, 1.82) is 0 Å². The average molecular weight is 158 g/mol.